The van der Waals surface area contributed by atoms with Crippen molar-refractivity contribution < 1.29 is 0 Å². The van der Waals surface area contributed by atoms with Crippen LogP contribution in [0.5, 0.6) is 0 Å². The highest BCUT2D eigenvalue weighted by Gasteiger charge is 2.18. The zero-order valence-corrected chi connectivity index (χ0v) is 12.8. The molecule has 3 rings (SSSR count). The second-order valence-corrected chi connectivity index (χ2v) is 5.67. The van der Waals surface area contributed by atoms with Gasteiger partial charge in [-0.15, -0.1) is 0 Å². The molecule has 2 aliphatic heterocycles. The van der Waals surface area contributed by atoms with Gasteiger partial charge in [-0.3, -0.25) is 5.43 Å². The molecule has 21 heavy (non-hydrogen) atoms. The van der Waals surface area contributed by atoms with Crippen LogP contribution >= 0.6 is 0 Å². The van der Waals surface area contributed by atoms with Gasteiger partial charge in [0.15, 0.2) is 0 Å². The number of anilines is 3. The number of hydrogen-bond acceptors (Lipinski definition) is 7. The summed E-state index contributed by atoms with van der Waals surface area (Å²) in [6.07, 6.45) is 6.22. The normalized spacial score (nSPS) is 19.8. The van der Waals surface area contributed by atoms with Crippen LogP contribution in [0.4, 0.5) is 17.8 Å². The average Bonchev–Trinajstić information content (AvgIpc) is 3.03. The minimum Gasteiger partial charge on any atom is -0.354 e. The molecule has 7 nitrogen and oxygen atoms in total. The van der Waals surface area contributed by atoms with Crippen molar-refractivity contribution in [3.05, 3.63) is 0 Å². The van der Waals surface area contributed by atoms with Gasteiger partial charge in [-0.25, -0.2) is 5.01 Å². The largest absolute Gasteiger partial charge is 0.354 e. The molecule has 1 aromatic heterocycles. The van der Waals surface area contributed by atoms with Crippen molar-refractivity contribution in [2.45, 2.75) is 39.0 Å². The van der Waals surface area contributed by atoms with Gasteiger partial charge in [-0.2, -0.15) is 15.0 Å². The molecule has 7 heteroatoms. The summed E-state index contributed by atoms with van der Waals surface area (Å²) < 4.78 is 0. The van der Waals surface area contributed by atoms with Crippen LogP contribution in [0.15, 0.2) is 0 Å². The first-order chi connectivity index (χ1) is 10.3. The summed E-state index contributed by atoms with van der Waals surface area (Å²) in [5.74, 6) is 2.11. The lowest BCUT2D eigenvalue weighted by Crippen LogP contribution is -2.36. The molecular weight excluding hydrogens is 266 g/mol. The highest BCUT2D eigenvalue weighted by Crippen LogP contribution is 2.19. The molecule has 0 saturated carbocycles. The molecule has 1 aromatic rings. The second-order valence-electron chi connectivity index (χ2n) is 5.67. The predicted molar refractivity (Wildman–Crippen MR) is 84.5 cm³/mol. The van der Waals surface area contributed by atoms with Crippen molar-refractivity contribution in [1.29, 1.82) is 0 Å². The van der Waals surface area contributed by atoms with Crippen LogP contribution in [0, 0.1) is 0 Å². The lowest BCUT2D eigenvalue weighted by molar-refractivity contribution is 0.271. The zero-order valence-electron chi connectivity index (χ0n) is 12.8. The molecule has 0 spiro atoms. The first kappa shape index (κ1) is 14.3. The third-order valence-electron chi connectivity index (χ3n) is 3.96. The molecule has 0 aromatic carbocycles. The molecule has 3 heterocycles. The van der Waals surface area contributed by atoms with Gasteiger partial charge in [0.25, 0.3) is 0 Å². The standard InChI is InChI=1S/C14H25N7/c1-2-15-12-16-13(19-21-10-4-3-5-11-21)18-14(17-12)20-8-6-7-9-20/h2-11H2,1H3,(H2,15,16,17,18,19). The number of aromatic nitrogens is 3. The molecule has 0 radical (unpaired) electrons. The first-order valence-corrected chi connectivity index (χ1v) is 8.11. The van der Waals surface area contributed by atoms with Crippen LogP contribution < -0.4 is 15.6 Å². The van der Waals surface area contributed by atoms with E-state index < -0.39 is 0 Å². The van der Waals surface area contributed by atoms with E-state index in [1.807, 2.05) is 0 Å². The molecule has 2 fully saturated rings. The minimum absolute atomic E-state index is 0.657. The Hall–Kier alpha value is -1.63. The van der Waals surface area contributed by atoms with Crippen LogP contribution in [-0.4, -0.2) is 52.7 Å². The highest BCUT2D eigenvalue weighted by atomic mass is 15.5. The summed E-state index contributed by atoms with van der Waals surface area (Å²) >= 11 is 0. The molecule has 0 bridgehead atoms. The maximum Gasteiger partial charge on any atom is 0.244 e. The van der Waals surface area contributed by atoms with Gasteiger partial charge in [-0.1, -0.05) is 6.42 Å². The van der Waals surface area contributed by atoms with Crippen molar-refractivity contribution in [2.75, 3.05) is 48.4 Å². The third kappa shape index (κ3) is 3.72. The smallest absolute Gasteiger partial charge is 0.244 e. The Kier molecular flexibility index (Phi) is 4.69. The quantitative estimate of drug-likeness (QED) is 0.856. The van der Waals surface area contributed by atoms with Gasteiger partial charge >= 0.3 is 0 Å². The lowest BCUT2D eigenvalue weighted by Gasteiger charge is -2.27. The van der Waals surface area contributed by atoms with Crippen molar-refractivity contribution >= 4 is 17.8 Å². The van der Waals surface area contributed by atoms with Gasteiger partial charge in [0.2, 0.25) is 17.8 Å². The molecule has 0 unspecified atom stereocenters. The highest BCUT2D eigenvalue weighted by molar-refractivity contribution is 5.43. The Morgan fingerprint density at radius 1 is 0.857 bits per heavy atom. The van der Waals surface area contributed by atoms with E-state index in [4.69, 9.17) is 0 Å². The van der Waals surface area contributed by atoms with Gasteiger partial charge in [-0.05, 0) is 32.6 Å². The van der Waals surface area contributed by atoms with Crippen LogP contribution in [0.1, 0.15) is 39.0 Å². The van der Waals surface area contributed by atoms with Crippen LogP contribution in [0.3, 0.4) is 0 Å². The number of nitrogens with one attached hydrogen (secondary N) is 2. The van der Waals surface area contributed by atoms with Gasteiger partial charge in [0.05, 0.1) is 0 Å². The van der Waals surface area contributed by atoms with E-state index in [9.17, 15) is 0 Å². The fraction of sp³-hybridized carbons (Fsp3) is 0.786. The monoisotopic (exact) mass is 291 g/mol. The maximum absolute atomic E-state index is 4.60. The summed E-state index contributed by atoms with van der Waals surface area (Å²) in [7, 11) is 0. The van der Waals surface area contributed by atoms with E-state index in [2.05, 4.69) is 42.5 Å². The van der Waals surface area contributed by atoms with Gasteiger partial charge in [0.1, 0.15) is 0 Å². The number of nitrogens with zero attached hydrogens (tertiary/aromatic N) is 5. The summed E-state index contributed by atoms with van der Waals surface area (Å²) in [6, 6.07) is 0. The van der Waals surface area contributed by atoms with E-state index in [-0.39, 0.29) is 0 Å². The van der Waals surface area contributed by atoms with Crippen molar-refractivity contribution in [3.63, 3.8) is 0 Å². The van der Waals surface area contributed by atoms with E-state index >= 15 is 0 Å². The summed E-state index contributed by atoms with van der Waals surface area (Å²) in [5.41, 5.74) is 3.35. The SMILES string of the molecule is CCNc1nc(NN2CCCCC2)nc(N2CCCC2)n1. The van der Waals surface area contributed by atoms with Crippen molar-refractivity contribution in [2.24, 2.45) is 0 Å². The molecule has 116 valence electrons. The first-order valence-electron chi connectivity index (χ1n) is 8.11. The van der Waals surface area contributed by atoms with Crippen molar-refractivity contribution in [1.82, 2.24) is 20.0 Å². The summed E-state index contributed by atoms with van der Waals surface area (Å²) in [5, 5.41) is 5.41. The minimum atomic E-state index is 0.657. The predicted octanol–water partition coefficient (Wildman–Crippen LogP) is 1.72. The van der Waals surface area contributed by atoms with Crippen LogP contribution in [0.25, 0.3) is 0 Å². The average molecular weight is 291 g/mol. The molecule has 2 saturated heterocycles. The molecular formula is C14H25N7. The number of rotatable bonds is 5. The molecule has 0 atom stereocenters. The number of hydrogen-bond donors (Lipinski definition) is 2. The number of hydrazine groups is 1. The summed E-state index contributed by atoms with van der Waals surface area (Å²) in [6.45, 7) is 7.06. The molecule has 0 aliphatic carbocycles. The summed E-state index contributed by atoms with van der Waals surface area (Å²) in [4.78, 5) is 15.9. The molecule has 0 amide bonds. The molecule has 2 aliphatic rings. The fourth-order valence-electron chi connectivity index (χ4n) is 2.86. The van der Waals surface area contributed by atoms with E-state index in [1.165, 1.54) is 32.1 Å². The third-order valence-corrected chi connectivity index (χ3v) is 3.96. The number of piperidine rings is 1. The Morgan fingerprint density at radius 2 is 1.52 bits per heavy atom. The van der Waals surface area contributed by atoms with E-state index in [0.717, 1.165) is 38.7 Å². The van der Waals surface area contributed by atoms with Crippen molar-refractivity contribution in [3.8, 4) is 0 Å². The van der Waals surface area contributed by atoms with Crippen LogP contribution in [-0.2, 0) is 0 Å². The second kappa shape index (κ2) is 6.89. The zero-order chi connectivity index (χ0) is 14.5. The topological polar surface area (TPSA) is 69.2 Å². The van der Waals surface area contributed by atoms with E-state index in [1.54, 1.807) is 0 Å². The Balaban J connectivity index is 1.76. The van der Waals surface area contributed by atoms with Gasteiger partial charge in [0, 0.05) is 32.7 Å². The van der Waals surface area contributed by atoms with E-state index in [0.29, 0.717) is 11.9 Å². The van der Waals surface area contributed by atoms with Gasteiger partial charge < -0.3 is 10.2 Å². The maximum atomic E-state index is 4.60. The Bertz CT molecular complexity index is 453. The molecule has 2 N–H and O–H groups in total. The Morgan fingerprint density at radius 3 is 2.24 bits per heavy atom. The van der Waals surface area contributed by atoms with Crippen LogP contribution in [0.2, 0.25) is 0 Å². The lowest BCUT2D eigenvalue weighted by atomic mass is 10.2. The Labute approximate surface area is 126 Å². The fourth-order valence-corrected chi connectivity index (χ4v) is 2.86.